The number of Topliss-reactive ketones (excluding diaryl/α,β-unsaturated/α-hetero) is 1. The number of rotatable bonds is 7. The molecule has 170 valence electrons. The molecule has 2 saturated carbocycles. The summed E-state index contributed by atoms with van der Waals surface area (Å²) in [6, 6.07) is 7.07. The Morgan fingerprint density at radius 2 is 1.97 bits per heavy atom. The lowest BCUT2D eigenvalue weighted by Crippen LogP contribution is -2.45. The minimum atomic E-state index is -0.620. The van der Waals surface area contributed by atoms with Crippen molar-refractivity contribution in [3.8, 4) is 0 Å². The number of likely N-dealkylation sites (tertiary alicyclic amines) is 1. The van der Waals surface area contributed by atoms with Crippen molar-refractivity contribution in [2.24, 2.45) is 17.6 Å². The number of piperidine rings is 1. The van der Waals surface area contributed by atoms with Gasteiger partial charge in [0.1, 0.15) is 6.54 Å². The van der Waals surface area contributed by atoms with Gasteiger partial charge in [0.25, 0.3) is 5.91 Å². The molecule has 2 aliphatic carbocycles. The monoisotopic (exact) mass is 438 g/mol. The van der Waals surface area contributed by atoms with E-state index in [9.17, 15) is 14.4 Å². The first-order valence-electron chi connectivity index (χ1n) is 11.6. The average molecular weight is 439 g/mol. The van der Waals surface area contributed by atoms with Crippen molar-refractivity contribution in [3.63, 3.8) is 0 Å². The number of methoxy groups -OCH3 is 1. The average Bonchev–Trinajstić information content (AvgIpc) is 3.29. The Bertz CT molecular complexity index is 1060. The summed E-state index contributed by atoms with van der Waals surface area (Å²) in [5.41, 5.74) is 6.34. The van der Waals surface area contributed by atoms with Gasteiger partial charge in [0.15, 0.2) is 11.5 Å². The number of nitrogens with two attached hydrogens (primary N) is 1. The zero-order chi connectivity index (χ0) is 22.4. The summed E-state index contributed by atoms with van der Waals surface area (Å²) in [6.45, 7) is -0.00400. The Kier molecular flexibility index (Phi) is 5.49. The minimum absolute atomic E-state index is 0.00400. The van der Waals surface area contributed by atoms with E-state index in [2.05, 4.69) is 5.10 Å². The Labute approximate surface area is 187 Å². The van der Waals surface area contributed by atoms with E-state index in [0.29, 0.717) is 29.2 Å². The minimum Gasteiger partial charge on any atom is -0.381 e. The molecule has 2 N–H and O–H groups in total. The first-order chi connectivity index (χ1) is 15.5. The zero-order valence-electron chi connectivity index (χ0n) is 18.4. The van der Waals surface area contributed by atoms with Crippen molar-refractivity contribution in [1.82, 2.24) is 14.7 Å². The molecule has 32 heavy (non-hydrogen) atoms. The van der Waals surface area contributed by atoms with Gasteiger partial charge >= 0.3 is 0 Å². The Hall–Kier alpha value is -2.74. The van der Waals surface area contributed by atoms with Crippen molar-refractivity contribution in [2.75, 3.05) is 7.11 Å². The van der Waals surface area contributed by atoms with Gasteiger partial charge in [0.2, 0.25) is 5.91 Å². The van der Waals surface area contributed by atoms with E-state index in [1.807, 2.05) is 23.1 Å². The fourth-order valence-electron chi connectivity index (χ4n) is 5.80. The molecule has 0 spiro atoms. The maximum atomic E-state index is 13.4. The molecule has 3 fully saturated rings. The fourth-order valence-corrected chi connectivity index (χ4v) is 5.80. The van der Waals surface area contributed by atoms with Crippen LogP contribution < -0.4 is 5.73 Å². The number of fused-ring (bicyclic) bond motifs is 2. The third kappa shape index (κ3) is 3.81. The van der Waals surface area contributed by atoms with Gasteiger partial charge in [0.05, 0.1) is 17.7 Å². The predicted octanol–water partition coefficient (Wildman–Crippen LogP) is 2.29. The Balaban J connectivity index is 1.32. The number of benzene rings is 1. The first-order valence-corrected chi connectivity index (χ1v) is 11.6. The number of hydrogen-bond donors (Lipinski definition) is 1. The summed E-state index contributed by atoms with van der Waals surface area (Å²) in [4.78, 5) is 40.2. The molecular weight excluding hydrogens is 408 g/mol. The number of primary amides is 1. The van der Waals surface area contributed by atoms with Crippen molar-refractivity contribution in [2.45, 2.75) is 69.7 Å². The highest BCUT2D eigenvalue weighted by Crippen LogP contribution is 2.48. The van der Waals surface area contributed by atoms with Gasteiger partial charge in [-0.3, -0.25) is 19.1 Å². The van der Waals surface area contributed by atoms with E-state index in [-0.39, 0.29) is 42.1 Å². The molecule has 8 nitrogen and oxygen atoms in total. The maximum absolute atomic E-state index is 13.4. The van der Waals surface area contributed by atoms with Crippen LogP contribution in [0, 0.1) is 11.8 Å². The summed E-state index contributed by atoms with van der Waals surface area (Å²) in [5.74, 6) is 0.210. The molecule has 0 bridgehead atoms. The van der Waals surface area contributed by atoms with Crippen LogP contribution in [0.4, 0.5) is 0 Å². The quantitative estimate of drug-likeness (QED) is 0.714. The van der Waals surface area contributed by atoms with E-state index in [1.165, 1.54) is 0 Å². The molecule has 1 aromatic heterocycles. The van der Waals surface area contributed by atoms with Crippen LogP contribution in [-0.4, -0.2) is 57.6 Å². The number of ether oxygens (including phenoxy) is 1. The molecule has 2 amide bonds. The molecule has 5 atom stereocenters. The predicted molar refractivity (Wildman–Crippen MR) is 118 cm³/mol. The van der Waals surface area contributed by atoms with E-state index in [1.54, 1.807) is 17.9 Å². The summed E-state index contributed by atoms with van der Waals surface area (Å²) in [6.07, 6.45) is 6.61. The highest BCUT2D eigenvalue weighted by atomic mass is 16.5. The summed E-state index contributed by atoms with van der Waals surface area (Å²) >= 11 is 0. The summed E-state index contributed by atoms with van der Waals surface area (Å²) < 4.78 is 7.05. The zero-order valence-corrected chi connectivity index (χ0v) is 18.4. The van der Waals surface area contributed by atoms with Gasteiger partial charge in [-0.15, -0.1) is 0 Å². The molecule has 2 heterocycles. The van der Waals surface area contributed by atoms with Crippen LogP contribution in [0.3, 0.4) is 0 Å². The summed E-state index contributed by atoms with van der Waals surface area (Å²) in [7, 11) is 1.74. The number of carbonyl (C=O) groups excluding carboxylic acids is 3. The van der Waals surface area contributed by atoms with Gasteiger partial charge < -0.3 is 15.4 Å². The van der Waals surface area contributed by atoms with Gasteiger partial charge in [-0.05, 0) is 50.0 Å². The SMILES string of the molecule is CO[C@H]1CCC[C@@H](CC(=O)[C@@H]2C[C@H]3C[C@H]3N2C(=O)Cn2nc(C(N)=O)c3ccccc32)C1. The summed E-state index contributed by atoms with van der Waals surface area (Å²) in [5, 5.41) is 4.95. The van der Waals surface area contributed by atoms with Crippen molar-refractivity contribution < 1.29 is 19.1 Å². The van der Waals surface area contributed by atoms with Crippen LogP contribution in [0.5, 0.6) is 0 Å². The lowest BCUT2D eigenvalue weighted by Gasteiger charge is -2.31. The molecule has 5 rings (SSSR count). The van der Waals surface area contributed by atoms with Crippen LogP contribution >= 0.6 is 0 Å². The Morgan fingerprint density at radius 1 is 1.16 bits per heavy atom. The van der Waals surface area contributed by atoms with Gasteiger partial charge in [0, 0.05) is 25.0 Å². The molecule has 2 aromatic rings. The van der Waals surface area contributed by atoms with Crippen molar-refractivity contribution in [3.05, 3.63) is 30.0 Å². The standard InChI is InChI=1S/C24H30N4O4/c1-32-16-6-4-5-14(9-16)10-21(29)20-12-15-11-19(15)28(20)22(30)13-27-18-8-3-2-7-17(18)23(26-27)24(25)31/h2-3,7-8,14-16,19-20H,4-6,9-13H2,1H3,(H2,25,31)/t14-,15-,16+,19-,20+/m1/s1. The number of nitrogens with zero attached hydrogens (tertiary/aromatic N) is 3. The van der Waals surface area contributed by atoms with E-state index in [4.69, 9.17) is 10.5 Å². The topological polar surface area (TPSA) is 108 Å². The van der Waals surface area contributed by atoms with Gasteiger partial charge in [-0.1, -0.05) is 24.6 Å². The third-order valence-corrected chi connectivity index (χ3v) is 7.50. The molecular formula is C24H30N4O4. The first kappa shape index (κ1) is 21.1. The van der Waals surface area contributed by atoms with E-state index in [0.717, 1.165) is 38.5 Å². The maximum Gasteiger partial charge on any atom is 0.269 e. The number of para-hydroxylation sites is 1. The van der Waals surface area contributed by atoms with Gasteiger partial charge in [-0.2, -0.15) is 5.10 Å². The number of amides is 2. The second kappa shape index (κ2) is 8.31. The van der Waals surface area contributed by atoms with Crippen LogP contribution in [0.15, 0.2) is 24.3 Å². The van der Waals surface area contributed by atoms with Crippen LogP contribution in [0.1, 0.15) is 55.4 Å². The van der Waals surface area contributed by atoms with Crippen LogP contribution in [-0.2, 0) is 20.9 Å². The lowest BCUT2D eigenvalue weighted by atomic mass is 9.82. The molecule has 1 aliphatic heterocycles. The van der Waals surface area contributed by atoms with Crippen LogP contribution in [0.2, 0.25) is 0 Å². The van der Waals surface area contributed by atoms with Gasteiger partial charge in [-0.25, -0.2) is 0 Å². The second-order valence-corrected chi connectivity index (χ2v) is 9.56. The Morgan fingerprint density at radius 3 is 2.75 bits per heavy atom. The third-order valence-electron chi connectivity index (χ3n) is 7.50. The van der Waals surface area contributed by atoms with Crippen LogP contribution in [0.25, 0.3) is 10.9 Å². The lowest BCUT2D eigenvalue weighted by molar-refractivity contribution is -0.140. The normalized spacial score (nSPS) is 29.2. The van der Waals surface area contributed by atoms with Crippen molar-refractivity contribution in [1.29, 1.82) is 0 Å². The molecule has 0 unspecified atom stereocenters. The highest BCUT2D eigenvalue weighted by Gasteiger charge is 2.55. The number of aromatic nitrogens is 2. The highest BCUT2D eigenvalue weighted by molar-refractivity contribution is 6.04. The number of hydrogen-bond acceptors (Lipinski definition) is 5. The largest absolute Gasteiger partial charge is 0.381 e. The molecule has 8 heteroatoms. The molecule has 3 aliphatic rings. The molecule has 0 radical (unpaired) electrons. The molecule has 1 aromatic carbocycles. The molecule has 1 saturated heterocycles. The fraction of sp³-hybridized carbons (Fsp3) is 0.583. The number of carbonyl (C=O) groups is 3. The van der Waals surface area contributed by atoms with E-state index >= 15 is 0 Å². The second-order valence-electron chi connectivity index (χ2n) is 9.56. The van der Waals surface area contributed by atoms with E-state index < -0.39 is 5.91 Å². The number of ketones is 1. The smallest absolute Gasteiger partial charge is 0.269 e. The van der Waals surface area contributed by atoms with Crippen molar-refractivity contribution >= 4 is 28.5 Å².